The van der Waals surface area contributed by atoms with E-state index in [1.807, 2.05) is 0 Å². The summed E-state index contributed by atoms with van der Waals surface area (Å²) in [6.45, 7) is -1.01. The van der Waals surface area contributed by atoms with Crippen LogP contribution in [0.5, 0.6) is 0 Å². The summed E-state index contributed by atoms with van der Waals surface area (Å²) < 4.78 is 37.9. The molecule has 1 aliphatic heterocycles. The summed E-state index contributed by atoms with van der Waals surface area (Å²) in [6.07, 6.45) is -4.04. The Labute approximate surface area is 113 Å². The first kappa shape index (κ1) is 13.2. The third-order valence-electron chi connectivity index (χ3n) is 3.51. The van der Waals surface area contributed by atoms with Crippen LogP contribution in [-0.4, -0.2) is 29.8 Å². The third-order valence-corrected chi connectivity index (χ3v) is 3.51. The molecule has 1 aromatic carbocycles. The number of nitrogens with one attached hydrogen (secondary N) is 1. The van der Waals surface area contributed by atoms with Gasteiger partial charge in [-0.3, -0.25) is 4.79 Å². The van der Waals surface area contributed by atoms with Gasteiger partial charge in [0.1, 0.15) is 6.54 Å². The number of benzene rings is 1. The Bertz CT molecular complexity index is 555. The number of halogens is 3. The molecule has 1 aliphatic carbocycles. The average Bonchev–Trinajstić information content (AvgIpc) is 3.14. The largest absolute Gasteiger partial charge is 0.405 e. The molecule has 1 aromatic rings. The van der Waals surface area contributed by atoms with Crippen molar-refractivity contribution in [2.45, 2.75) is 31.2 Å². The quantitative estimate of drug-likeness (QED) is 0.895. The van der Waals surface area contributed by atoms with Gasteiger partial charge in [-0.05, 0) is 25.0 Å². The number of aliphatic hydroxyl groups is 1. The van der Waals surface area contributed by atoms with Gasteiger partial charge in [0.2, 0.25) is 0 Å². The van der Waals surface area contributed by atoms with Gasteiger partial charge >= 0.3 is 6.18 Å². The smallest absolute Gasteiger partial charge is 0.378 e. The van der Waals surface area contributed by atoms with Gasteiger partial charge in [-0.2, -0.15) is 13.2 Å². The highest BCUT2D eigenvalue weighted by molar-refractivity contribution is 6.02. The van der Waals surface area contributed by atoms with Crippen LogP contribution in [0.1, 0.15) is 24.5 Å². The van der Waals surface area contributed by atoms with E-state index < -0.39 is 24.7 Å². The normalized spacial score (nSPS) is 21.6. The molecule has 3 rings (SSSR count). The number of carbonyl (C=O) groups excluding carboxylic acids is 1. The van der Waals surface area contributed by atoms with Gasteiger partial charge in [0, 0.05) is 23.0 Å². The first-order chi connectivity index (χ1) is 9.35. The Hall–Kier alpha value is -1.76. The molecule has 4 nitrogen and oxygen atoms in total. The van der Waals surface area contributed by atoms with Gasteiger partial charge in [-0.1, -0.05) is 6.07 Å². The first-order valence-electron chi connectivity index (χ1n) is 6.31. The maximum atomic E-state index is 12.6. The lowest BCUT2D eigenvalue weighted by Gasteiger charge is -2.26. The van der Waals surface area contributed by atoms with Crippen molar-refractivity contribution in [3.63, 3.8) is 0 Å². The highest BCUT2D eigenvalue weighted by Gasteiger charge is 2.39. The van der Waals surface area contributed by atoms with Gasteiger partial charge in [-0.25, -0.2) is 0 Å². The first-order valence-corrected chi connectivity index (χ1v) is 6.31. The number of alkyl halides is 3. The number of anilines is 2. The molecular formula is C13H13F3N2O2. The summed E-state index contributed by atoms with van der Waals surface area (Å²) in [7, 11) is 0. The number of amides is 1. The SMILES string of the molecule is O=C1Nc2cc(N(CC(F)(F)F)C3CC3)ccc2C1O. The monoisotopic (exact) mass is 286 g/mol. The van der Waals surface area contributed by atoms with Crippen molar-refractivity contribution in [1.29, 1.82) is 0 Å². The van der Waals surface area contributed by atoms with E-state index in [0.717, 1.165) is 12.8 Å². The van der Waals surface area contributed by atoms with E-state index in [1.54, 1.807) is 0 Å². The van der Waals surface area contributed by atoms with Crippen molar-refractivity contribution in [3.05, 3.63) is 23.8 Å². The van der Waals surface area contributed by atoms with E-state index >= 15 is 0 Å². The van der Waals surface area contributed by atoms with E-state index in [-0.39, 0.29) is 6.04 Å². The second kappa shape index (κ2) is 4.37. The summed E-state index contributed by atoms with van der Waals surface area (Å²) >= 11 is 0. The predicted molar refractivity (Wildman–Crippen MR) is 66.5 cm³/mol. The Balaban J connectivity index is 1.89. The van der Waals surface area contributed by atoms with Crippen molar-refractivity contribution >= 4 is 17.3 Å². The minimum absolute atomic E-state index is 0.100. The summed E-state index contributed by atoms with van der Waals surface area (Å²) in [5.74, 6) is -0.550. The van der Waals surface area contributed by atoms with Crippen LogP contribution in [0.3, 0.4) is 0 Å². The van der Waals surface area contributed by atoms with Gasteiger partial charge < -0.3 is 15.3 Å². The van der Waals surface area contributed by atoms with Gasteiger partial charge in [0.15, 0.2) is 6.10 Å². The number of fused-ring (bicyclic) bond motifs is 1. The summed E-state index contributed by atoms with van der Waals surface area (Å²) in [5.41, 5.74) is 1.20. The zero-order valence-corrected chi connectivity index (χ0v) is 10.4. The Kier molecular flexibility index (Phi) is 2.89. The average molecular weight is 286 g/mol. The second-order valence-corrected chi connectivity index (χ2v) is 5.14. The van der Waals surface area contributed by atoms with E-state index in [9.17, 15) is 23.1 Å². The van der Waals surface area contributed by atoms with Crippen LogP contribution >= 0.6 is 0 Å². The van der Waals surface area contributed by atoms with Crippen LogP contribution in [0.15, 0.2) is 18.2 Å². The topological polar surface area (TPSA) is 52.6 Å². The highest BCUT2D eigenvalue weighted by Crippen LogP contribution is 2.38. The second-order valence-electron chi connectivity index (χ2n) is 5.14. The molecule has 1 saturated carbocycles. The number of hydrogen-bond acceptors (Lipinski definition) is 3. The molecule has 2 N–H and O–H groups in total. The fourth-order valence-corrected chi connectivity index (χ4v) is 2.42. The molecule has 0 radical (unpaired) electrons. The van der Waals surface area contributed by atoms with Crippen LogP contribution in [0.2, 0.25) is 0 Å². The molecule has 7 heteroatoms. The van der Waals surface area contributed by atoms with Gasteiger partial charge in [0.25, 0.3) is 5.91 Å². The maximum absolute atomic E-state index is 12.6. The zero-order valence-electron chi connectivity index (χ0n) is 10.4. The van der Waals surface area contributed by atoms with E-state index in [0.29, 0.717) is 16.9 Å². The number of rotatable bonds is 3. The molecule has 1 heterocycles. The van der Waals surface area contributed by atoms with Crippen LogP contribution in [0.25, 0.3) is 0 Å². The lowest BCUT2D eigenvalue weighted by atomic mass is 10.1. The van der Waals surface area contributed by atoms with E-state index in [4.69, 9.17) is 0 Å². The molecule has 1 amide bonds. The molecule has 1 atom stereocenters. The summed E-state index contributed by atoms with van der Waals surface area (Å²) in [5, 5.41) is 12.0. The molecule has 2 aliphatic rings. The molecule has 108 valence electrons. The third kappa shape index (κ3) is 2.45. The predicted octanol–water partition coefficient (Wildman–Crippen LogP) is 2.20. The lowest BCUT2D eigenvalue weighted by Crippen LogP contribution is -2.35. The lowest BCUT2D eigenvalue weighted by molar-refractivity contribution is -0.123. The molecule has 0 saturated heterocycles. The molecule has 1 fully saturated rings. The van der Waals surface area contributed by atoms with Crippen LogP contribution in [0, 0.1) is 0 Å². The van der Waals surface area contributed by atoms with Crippen molar-refractivity contribution in [2.24, 2.45) is 0 Å². The summed E-state index contributed by atoms with van der Waals surface area (Å²) in [4.78, 5) is 12.6. The molecular weight excluding hydrogens is 273 g/mol. The summed E-state index contributed by atoms with van der Waals surface area (Å²) in [6, 6.07) is 4.41. The Morgan fingerprint density at radius 2 is 2.05 bits per heavy atom. The molecule has 0 spiro atoms. The van der Waals surface area contributed by atoms with Crippen LogP contribution < -0.4 is 10.2 Å². The van der Waals surface area contributed by atoms with Crippen molar-refractivity contribution in [3.8, 4) is 0 Å². The highest BCUT2D eigenvalue weighted by atomic mass is 19.4. The molecule has 1 unspecified atom stereocenters. The van der Waals surface area contributed by atoms with E-state index in [1.165, 1.54) is 23.1 Å². The van der Waals surface area contributed by atoms with Crippen LogP contribution in [0.4, 0.5) is 24.5 Å². The Morgan fingerprint density at radius 3 is 2.65 bits per heavy atom. The van der Waals surface area contributed by atoms with Gasteiger partial charge in [0.05, 0.1) is 0 Å². The van der Waals surface area contributed by atoms with Crippen molar-refractivity contribution in [2.75, 3.05) is 16.8 Å². The minimum Gasteiger partial charge on any atom is -0.378 e. The van der Waals surface area contributed by atoms with E-state index in [2.05, 4.69) is 5.32 Å². The fraction of sp³-hybridized carbons (Fsp3) is 0.462. The number of hydrogen-bond donors (Lipinski definition) is 2. The van der Waals surface area contributed by atoms with Crippen molar-refractivity contribution in [1.82, 2.24) is 0 Å². The number of carbonyl (C=O) groups is 1. The standard InChI is InChI=1S/C13H13F3N2O2/c14-13(15,16)6-18(7-1-2-7)8-3-4-9-10(5-8)17-12(20)11(9)19/h3-5,7,11,19H,1-2,6H2,(H,17,20). The molecule has 0 aromatic heterocycles. The minimum atomic E-state index is -4.27. The Morgan fingerprint density at radius 1 is 1.35 bits per heavy atom. The fourth-order valence-electron chi connectivity index (χ4n) is 2.42. The van der Waals surface area contributed by atoms with Crippen LogP contribution in [-0.2, 0) is 4.79 Å². The number of nitrogens with zero attached hydrogens (tertiary/aromatic N) is 1. The molecule has 20 heavy (non-hydrogen) atoms. The molecule has 0 bridgehead atoms. The zero-order chi connectivity index (χ0) is 14.5. The maximum Gasteiger partial charge on any atom is 0.405 e. The van der Waals surface area contributed by atoms with Gasteiger partial charge in [-0.15, -0.1) is 0 Å². The number of aliphatic hydroxyl groups excluding tert-OH is 1. The van der Waals surface area contributed by atoms with Crippen molar-refractivity contribution < 1.29 is 23.1 Å².